The number of anilines is 2. The lowest BCUT2D eigenvalue weighted by Crippen LogP contribution is -2.29. The summed E-state index contributed by atoms with van der Waals surface area (Å²) in [4.78, 5) is 29.9. The number of thioether (sulfide) groups is 1. The molecule has 2 aromatic carbocycles. The highest BCUT2D eigenvalue weighted by molar-refractivity contribution is 8.27. The van der Waals surface area contributed by atoms with Gasteiger partial charge in [0.1, 0.15) is 11.5 Å². The molecule has 4 rings (SSSR count). The van der Waals surface area contributed by atoms with Crippen molar-refractivity contribution in [3.05, 3.63) is 52.9 Å². The Balaban J connectivity index is 1.86. The summed E-state index contributed by atoms with van der Waals surface area (Å²) < 4.78 is 11.0. The maximum absolute atomic E-state index is 13.4. The van der Waals surface area contributed by atoms with Crippen molar-refractivity contribution in [3.63, 3.8) is 0 Å². The largest absolute Gasteiger partial charge is 0.497 e. The van der Waals surface area contributed by atoms with E-state index in [2.05, 4.69) is 0 Å². The number of nitrogens with zero attached hydrogens (tertiary/aromatic N) is 2. The first-order chi connectivity index (χ1) is 14.0. The van der Waals surface area contributed by atoms with Crippen molar-refractivity contribution >= 4 is 57.1 Å². The van der Waals surface area contributed by atoms with E-state index in [0.717, 1.165) is 23.0 Å². The monoisotopic (exact) mass is 426 g/mol. The summed E-state index contributed by atoms with van der Waals surface area (Å²) >= 11 is 6.64. The van der Waals surface area contributed by atoms with Crippen LogP contribution in [-0.2, 0) is 9.59 Å². The van der Waals surface area contributed by atoms with Gasteiger partial charge in [-0.3, -0.25) is 14.5 Å². The van der Waals surface area contributed by atoms with E-state index in [9.17, 15) is 9.59 Å². The normalized spacial score (nSPS) is 18.5. The van der Waals surface area contributed by atoms with Crippen molar-refractivity contribution in [2.75, 3.05) is 30.6 Å². The van der Waals surface area contributed by atoms with Gasteiger partial charge in [0, 0.05) is 18.2 Å². The number of ether oxygens (including phenoxy) is 2. The van der Waals surface area contributed by atoms with Crippen LogP contribution in [-0.4, -0.2) is 36.9 Å². The number of carbonyl (C=O) groups excluding carboxylic acids is 2. The van der Waals surface area contributed by atoms with E-state index in [4.69, 9.17) is 21.7 Å². The van der Waals surface area contributed by atoms with Gasteiger partial charge in [0.25, 0.3) is 11.8 Å². The molecule has 2 aliphatic heterocycles. The minimum absolute atomic E-state index is 0.188. The van der Waals surface area contributed by atoms with Crippen LogP contribution in [0.2, 0.25) is 0 Å². The molecule has 0 aromatic heterocycles. The third-order valence-electron chi connectivity index (χ3n) is 4.86. The lowest BCUT2D eigenvalue weighted by atomic mass is 10.1. The molecule has 8 heteroatoms. The predicted octanol–water partition coefficient (Wildman–Crippen LogP) is 3.85. The molecule has 1 fully saturated rings. The van der Waals surface area contributed by atoms with Gasteiger partial charge < -0.3 is 14.4 Å². The first-order valence-corrected chi connectivity index (χ1v) is 10.2. The maximum atomic E-state index is 13.4. The molecule has 0 bridgehead atoms. The molecule has 148 valence electrons. The van der Waals surface area contributed by atoms with Crippen molar-refractivity contribution in [2.24, 2.45) is 0 Å². The minimum atomic E-state index is -0.345. The molecule has 2 aliphatic rings. The van der Waals surface area contributed by atoms with Crippen molar-refractivity contribution in [2.45, 2.75) is 6.92 Å². The van der Waals surface area contributed by atoms with Gasteiger partial charge in [0.05, 0.1) is 36.1 Å². The predicted molar refractivity (Wildman–Crippen MR) is 119 cm³/mol. The molecule has 2 heterocycles. The molecular weight excluding hydrogens is 408 g/mol. The fourth-order valence-corrected chi connectivity index (χ4v) is 4.87. The van der Waals surface area contributed by atoms with E-state index in [-0.39, 0.29) is 11.8 Å². The number of fused-ring (bicyclic) bond motifs is 1. The number of thiocarbonyl (C=S) groups is 1. The van der Waals surface area contributed by atoms with Crippen molar-refractivity contribution in [1.29, 1.82) is 0 Å². The number of rotatable bonds is 4. The second kappa shape index (κ2) is 7.53. The Morgan fingerprint density at radius 3 is 2.45 bits per heavy atom. The second-order valence-electron chi connectivity index (χ2n) is 6.32. The highest BCUT2D eigenvalue weighted by Gasteiger charge is 2.42. The molecule has 0 atom stereocenters. The van der Waals surface area contributed by atoms with Gasteiger partial charge in [-0.15, -0.1) is 0 Å². The first-order valence-electron chi connectivity index (χ1n) is 8.95. The third-order valence-corrected chi connectivity index (χ3v) is 6.24. The Morgan fingerprint density at radius 2 is 1.76 bits per heavy atom. The number of hydrogen-bond donors (Lipinski definition) is 0. The van der Waals surface area contributed by atoms with Crippen LogP contribution in [0.15, 0.2) is 47.4 Å². The molecule has 0 aliphatic carbocycles. The van der Waals surface area contributed by atoms with Crippen molar-refractivity contribution in [3.8, 4) is 11.5 Å². The van der Waals surface area contributed by atoms with Crippen LogP contribution in [0, 0.1) is 0 Å². The van der Waals surface area contributed by atoms with Gasteiger partial charge in [-0.05, 0) is 25.1 Å². The molecule has 2 aromatic rings. The van der Waals surface area contributed by atoms with Gasteiger partial charge in [-0.2, -0.15) is 0 Å². The summed E-state index contributed by atoms with van der Waals surface area (Å²) in [6.07, 6.45) is 0. The first kappa shape index (κ1) is 19.5. The Morgan fingerprint density at radius 1 is 1.00 bits per heavy atom. The molecule has 0 radical (unpaired) electrons. The standard InChI is InChI=1S/C21H18N2O4S2/c1-4-22-14-8-6-5-7-13(14)17(19(22)24)18-20(25)23(21(28)29-18)15-11-12(26-2)9-10-16(15)27-3/h5-11H,4H2,1-3H3/b18-17-. The lowest BCUT2D eigenvalue weighted by molar-refractivity contribution is -0.115. The summed E-state index contributed by atoms with van der Waals surface area (Å²) in [7, 11) is 3.07. The quantitative estimate of drug-likeness (QED) is 0.547. The molecule has 2 amide bonds. The van der Waals surface area contributed by atoms with Crippen molar-refractivity contribution < 1.29 is 19.1 Å². The van der Waals surface area contributed by atoms with Crippen molar-refractivity contribution in [1.82, 2.24) is 0 Å². The molecule has 0 saturated carbocycles. The van der Waals surface area contributed by atoms with Crippen LogP contribution in [0.4, 0.5) is 11.4 Å². The van der Waals surface area contributed by atoms with E-state index in [1.807, 2.05) is 31.2 Å². The molecule has 6 nitrogen and oxygen atoms in total. The number of methoxy groups -OCH3 is 2. The Kier molecular flexibility index (Phi) is 5.06. The number of benzene rings is 2. The van der Waals surface area contributed by atoms with Crippen LogP contribution >= 0.6 is 24.0 Å². The van der Waals surface area contributed by atoms with E-state index < -0.39 is 0 Å². The topological polar surface area (TPSA) is 59.1 Å². The van der Waals surface area contributed by atoms with Crippen LogP contribution < -0.4 is 19.3 Å². The zero-order valence-electron chi connectivity index (χ0n) is 16.1. The SMILES string of the molecule is CCN1C(=O)/C(=C2\SC(=S)N(c3cc(OC)ccc3OC)C2=O)c2ccccc21. The number of hydrogen-bond acceptors (Lipinski definition) is 6. The molecule has 29 heavy (non-hydrogen) atoms. The minimum Gasteiger partial charge on any atom is -0.497 e. The number of amides is 2. The Bertz CT molecular complexity index is 1080. The van der Waals surface area contributed by atoms with Gasteiger partial charge in [0.15, 0.2) is 4.32 Å². The lowest BCUT2D eigenvalue weighted by Gasteiger charge is -2.18. The smallest absolute Gasteiger partial charge is 0.271 e. The number of carbonyl (C=O) groups is 2. The zero-order chi connectivity index (χ0) is 20.7. The Hall–Kier alpha value is -2.84. The van der Waals surface area contributed by atoms with Gasteiger partial charge in [0.2, 0.25) is 0 Å². The summed E-state index contributed by atoms with van der Waals surface area (Å²) in [6.45, 7) is 2.42. The van der Waals surface area contributed by atoms with E-state index in [1.54, 1.807) is 30.2 Å². The average molecular weight is 427 g/mol. The van der Waals surface area contributed by atoms with Crippen LogP contribution in [0.5, 0.6) is 11.5 Å². The third kappa shape index (κ3) is 2.99. The summed E-state index contributed by atoms with van der Waals surface area (Å²) in [5, 5.41) is 0. The summed E-state index contributed by atoms with van der Waals surface area (Å²) in [5.74, 6) is 0.526. The van der Waals surface area contributed by atoms with Crippen LogP contribution in [0.3, 0.4) is 0 Å². The summed E-state index contributed by atoms with van der Waals surface area (Å²) in [6, 6.07) is 12.6. The van der Waals surface area contributed by atoms with Gasteiger partial charge in [-0.1, -0.05) is 42.2 Å². The average Bonchev–Trinajstić information content (AvgIpc) is 3.18. The molecule has 1 saturated heterocycles. The fourth-order valence-electron chi connectivity index (χ4n) is 3.51. The maximum Gasteiger partial charge on any atom is 0.271 e. The van der Waals surface area contributed by atoms with E-state index in [1.165, 1.54) is 12.0 Å². The highest BCUT2D eigenvalue weighted by atomic mass is 32.2. The molecule has 0 spiro atoms. The number of likely N-dealkylation sites (N-methyl/N-ethyl adjacent to an activating group) is 1. The second-order valence-corrected chi connectivity index (χ2v) is 7.96. The fraction of sp³-hybridized carbons (Fsp3) is 0.190. The van der Waals surface area contributed by atoms with Gasteiger partial charge >= 0.3 is 0 Å². The number of para-hydroxylation sites is 1. The summed E-state index contributed by atoms with van der Waals surface area (Å²) in [5.41, 5.74) is 2.43. The Labute approximate surface area is 178 Å². The van der Waals surface area contributed by atoms with E-state index >= 15 is 0 Å². The van der Waals surface area contributed by atoms with Crippen LogP contribution in [0.25, 0.3) is 5.57 Å². The molecule has 0 N–H and O–H groups in total. The highest BCUT2D eigenvalue weighted by Crippen LogP contribution is 2.47. The van der Waals surface area contributed by atoms with E-state index in [0.29, 0.717) is 38.5 Å². The zero-order valence-corrected chi connectivity index (χ0v) is 17.7. The molecular formula is C21H18N2O4S2. The molecule has 0 unspecified atom stereocenters. The van der Waals surface area contributed by atoms with Crippen LogP contribution in [0.1, 0.15) is 12.5 Å². The van der Waals surface area contributed by atoms with Gasteiger partial charge in [-0.25, -0.2) is 0 Å².